The third kappa shape index (κ3) is 2.38. The van der Waals surface area contributed by atoms with Crippen LogP contribution in [0.25, 0.3) is 0 Å². The molecule has 0 saturated heterocycles. The van der Waals surface area contributed by atoms with Crippen molar-refractivity contribution in [3.05, 3.63) is 42.2 Å². The summed E-state index contributed by atoms with van der Waals surface area (Å²) in [6.45, 7) is 8.30. The molecule has 92 valence electrons. The lowest BCUT2D eigenvalue weighted by Crippen LogP contribution is -2.49. The van der Waals surface area contributed by atoms with Gasteiger partial charge in [-0.2, -0.15) is 5.10 Å². The first-order chi connectivity index (χ1) is 8.22. The Kier molecular flexibility index (Phi) is 3.84. The van der Waals surface area contributed by atoms with E-state index < -0.39 is 0 Å². The zero-order valence-corrected chi connectivity index (χ0v) is 11.4. The average molecular weight is 297 g/mol. The summed E-state index contributed by atoms with van der Waals surface area (Å²) in [6.07, 6.45) is 10.5. The third-order valence-corrected chi connectivity index (χ3v) is 3.71. The Balaban J connectivity index is 2.07. The highest BCUT2D eigenvalue weighted by Gasteiger charge is 2.47. The zero-order chi connectivity index (χ0) is 12.3. The largest absolute Gasteiger partial charge is 0.368 e. The first kappa shape index (κ1) is 12.6. The van der Waals surface area contributed by atoms with Crippen molar-refractivity contribution >= 4 is 15.9 Å². The number of hydrogen-bond acceptors (Lipinski definition) is 2. The Morgan fingerprint density at radius 1 is 1.65 bits per heavy atom. The SMILES string of the molecule is C=CCCO[C@]1(C=C)CCC1n1cc(Br)cn1. The molecule has 1 aliphatic rings. The van der Waals surface area contributed by atoms with E-state index >= 15 is 0 Å². The van der Waals surface area contributed by atoms with Gasteiger partial charge >= 0.3 is 0 Å². The van der Waals surface area contributed by atoms with Crippen LogP contribution in [-0.4, -0.2) is 22.0 Å². The fourth-order valence-corrected chi connectivity index (χ4v) is 2.50. The van der Waals surface area contributed by atoms with Crippen LogP contribution in [-0.2, 0) is 4.74 Å². The number of halogens is 1. The fourth-order valence-electron chi connectivity index (χ4n) is 2.20. The number of ether oxygens (including phenoxy) is 1. The van der Waals surface area contributed by atoms with Crippen LogP contribution in [0, 0.1) is 0 Å². The minimum absolute atomic E-state index is 0.255. The van der Waals surface area contributed by atoms with Crippen molar-refractivity contribution in [3.63, 3.8) is 0 Å². The zero-order valence-electron chi connectivity index (χ0n) is 9.81. The molecule has 1 fully saturated rings. The Morgan fingerprint density at radius 3 is 2.94 bits per heavy atom. The van der Waals surface area contributed by atoms with E-state index in [4.69, 9.17) is 4.74 Å². The van der Waals surface area contributed by atoms with Crippen molar-refractivity contribution < 1.29 is 4.74 Å². The highest BCUT2D eigenvalue weighted by molar-refractivity contribution is 9.10. The Labute approximate surface area is 110 Å². The van der Waals surface area contributed by atoms with E-state index in [2.05, 4.69) is 34.2 Å². The molecule has 1 heterocycles. The molecule has 2 rings (SSSR count). The van der Waals surface area contributed by atoms with Gasteiger partial charge in [-0.05, 0) is 35.2 Å². The number of aromatic nitrogens is 2. The smallest absolute Gasteiger partial charge is 0.108 e. The standard InChI is InChI=1S/C13H17BrN2O/c1-3-5-8-17-13(4-2)7-6-12(13)16-10-11(14)9-15-16/h3-4,9-10,12H,1-2,5-8H2/t12?,13-/m1/s1. The first-order valence-corrected chi connectivity index (χ1v) is 6.59. The summed E-state index contributed by atoms with van der Waals surface area (Å²) in [7, 11) is 0. The van der Waals surface area contributed by atoms with E-state index in [1.54, 1.807) is 6.20 Å². The third-order valence-electron chi connectivity index (χ3n) is 3.30. The van der Waals surface area contributed by atoms with Crippen molar-refractivity contribution in [3.8, 4) is 0 Å². The number of nitrogens with zero attached hydrogens (tertiary/aromatic N) is 2. The van der Waals surface area contributed by atoms with Crippen molar-refractivity contribution in [1.29, 1.82) is 0 Å². The van der Waals surface area contributed by atoms with E-state index in [1.165, 1.54) is 0 Å². The van der Waals surface area contributed by atoms with Gasteiger partial charge in [0.1, 0.15) is 5.60 Å². The Morgan fingerprint density at radius 2 is 2.47 bits per heavy atom. The van der Waals surface area contributed by atoms with E-state index in [1.807, 2.05) is 23.0 Å². The molecule has 0 aromatic carbocycles. The topological polar surface area (TPSA) is 27.1 Å². The normalized spacial score (nSPS) is 27.5. The van der Waals surface area contributed by atoms with Gasteiger partial charge in [-0.25, -0.2) is 0 Å². The molecule has 1 aromatic heterocycles. The molecule has 0 spiro atoms. The molecule has 1 saturated carbocycles. The van der Waals surface area contributed by atoms with Gasteiger partial charge in [0.25, 0.3) is 0 Å². The van der Waals surface area contributed by atoms with Crippen LogP contribution in [0.4, 0.5) is 0 Å². The summed E-state index contributed by atoms with van der Waals surface area (Å²) in [4.78, 5) is 0. The van der Waals surface area contributed by atoms with Crippen LogP contribution in [0.2, 0.25) is 0 Å². The van der Waals surface area contributed by atoms with Crippen molar-refractivity contribution in [2.75, 3.05) is 6.61 Å². The summed E-state index contributed by atoms with van der Waals surface area (Å²) in [5.41, 5.74) is -0.255. The number of hydrogen-bond donors (Lipinski definition) is 0. The highest BCUT2D eigenvalue weighted by atomic mass is 79.9. The Hall–Kier alpha value is -0.870. The lowest BCUT2D eigenvalue weighted by Gasteiger charge is -2.47. The lowest BCUT2D eigenvalue weighted by molar-refractivity contribution is -0.105. The molecule has 0 aliphatic heterocycles. The maximum Gasteiger partial charge on any atom is 0.108 e. The summed E-state index contributed by atoms with van der Waals surface area (Å²) in [6, 6.07) is 0.260. The molecule has 0 bridgehead atoms. The minimum atomic E-state index is -0.255. The number of rotatable bonds is 6. The van der Waals surface area contributed by atoms with Gasteiger partial charge in [0, 0.05) is 6.20 Å². The molecular weight excluding hydrogens is 280 g/mol. The van der Waals surface area contributed by atoms with Gasteiger partial charge in [0.05, 0.1) is 23.3 Å². The molecule has 4 heteroatoms. The molecule has 1 aliphatic carbocycles. The summed E-state index contributed by atoms with van der Waals surface area (Å²) in [5, 5.41) is 4.33. The highest BCUT2D eigenvalue weighted by Crippen LogP contribution is 2.46. The lowest BCUT2D eigenvalue weighted by atomic mass is 9.74. The second-order valence-corrected chi connectivity index (χ2v) is 5.19. The van der Waals surface area contributed by atoms with E-state index in [0.717, 1.165) is 23.7 Å². The molecule has 0 radical (unpaired) electrons. The molecule has 0 amide bonds. The van der Waals surface area contributed by atoms with Crippen LogP contribution in [0.15, 0.2) is 42.2 Å². The van der Waals surface area contributed by atoms with Gasteiger partial charge in [-0.1, -0.05) is 12.2 Å². The minimum Gasteiger partial charge on any atom is -0.368 e. The van der Waals surface area contributed by atoms with Gasteiger partial charge in [0.15, 0.2) is 0 Å². The van der Waals surface area contributed by atoms with Crippen LogP contribution in [0.3, 0.4) is 0 Å². The molecule has 0 N–H and O–H groups in total. The molecule has 1 aromatic rings. The van der Waals surface area contributed by atoms with Crippen LogP contribution in [0.5, 0.6) is 0 Å². The first-order valence-electron chi connectivity index (χ1n) is 5.80. The van der Waals surface area contributed by atoms with Crippen LogP contribution >= 0.6 is 15.9 Å². The fraction of sp³-hybridized carbons (Fsp3) is 0.462. The molecule has 2 atom stereocenters. The van der Waals surface area contributed by atoms with E-state index in [0.29, 0.717) is 6.61 Å². The predicted molar refractivity (Wildman–Crippen MR) is 71.9 cm³/mol. The van der Waals surface area contributed by atoms with Crippen molar-refractivity contribution in [2.45, 2.75) is 30.9 Å². The average Bonchev–Trinajstić information content (AvgIpc) is 2.69. The van der Waals surface area contributed by atoms with Crippen LogP contribution < -0.4 is 0 Å². The summed E-state index contributed by atoms with van der Waals surface area (Å²) in [5.74, 6) is 0. The van der Waals surface area contributed by atoms with E-state index in [-0.39, 0.29) is 11.6 Å². The quantitative estimate of drug-likeness (QED) is 0.593. The summed E-state index contributed by atoms with van der Waals surface area (Å²) >= 11 is 3.41. The van der Waals surface area contributed by atoms with Gasteiger partial charge in [0.2, 0.25) is 0 Å². The predicted octanol–water partition coefficient (Wildman–Crippen LogP) is 3.50. The van der Waals surface area contributed by atoms with Crippen molar-refractivity contribution in [1.82, 2.24) is 9.78 Å². The second kappa shape index (κ2) is 5.19. The summed E-state index contributed by atoms with van der Waals surface area (Å²) < 4.78 is 8.92. The van der Waals surface area contributed by atoms with E-state index in [9.17, 15) is 0 Å². The maximum atomic E-state index is 5.97. The van der Waals surface area contributed by atoms with Crippen molar-refractivity contribution in [2.24, 2.45) is 0 Å². The monoisotopic (exact) mass is 296 g/mol. The second-order valence-electron chi connectivity index (χ2n) is 4.28. The molecule has 17 heavy (non-hydrogen) atoms. The Bertz CT molecular complexity index is 415. The van der Waals surface area contributed by atoms with Gasteiger partial charge in [-0.15, -0.1) is 13.2 Å². The molecule has 3 nitrogen and oxygen atoms in total. The van der Waals surface area contributed by atoms with Gasteiger partial charge in [-0.3, -0.25) is 4.68 Å². The van der Waals surface area contributed by atoms with Crippen LogP contribution in [0.1, 0.15) is 25.3 Å². The maximum absolute atomic E-state index is 5.97. The van der Waals surface area contributed by atoms with Gasteiger partial charge < -0.3 is 4.74 Å². The molecule has 1 unspecified atom stereocenters. The molecular formula is C13H17BrN2O.